The van der Waals surface area contributed by atoms with E-state index in [1.54, 1.807) is 30.3 Å². The summed E-state index contributed by atoms with van der Waals surface area (Å²) in [4.78, 5) is 6.50. The van der Waals surface area contributed by atoms with Crippen molar-refractivity contribution in [1.82, 2.24) is 4.98 Å². The van der Waals surface area contributed by atoms with Gasteiger partial charge in [-0.05, 0) is 54.7 Å². The van der Waals surface area contributed by atoms with Crippen molar-refractivity contribution in [1.29, 1.82) is 0 Å². The molecule has 1 aliphatic rings. The van der Waals surface area contributed by atoms with Crippen LogP contribution in [0.5, 0.6) is 0 Å². The maximum Gasteiger partial charge on any atom is 0.236 e. The van der Waals surface area contributed by atoms with Gasteiger partial charge in [-0.1, -0.05) is 32.0 Å². The molecule has 0 radical (unpaired) electrons. The largest absolute Gasteiger partial charge is 0.419 e. The standard InChI is InChI=1S/C22H23FN2O3S/c1-15-12-16(2)14-25(13-15)22-21(29(26,27)19-6-4-3-5-7-19)24-20(28-22)17-8-10-18(23)11-9-17/h3-11,15-16H,12-14H2,1-2H3/t15-,16-/m0/s1. The third kappa shape index (κ3) is 3.92. The Labute approximate surface area is 170 Å². The first-order chi connectivity index (χ1) is 13.8. The maximum atomic E-state index is 13.3. The topological polar surface area (TPSA) is 63.4 Å². The lowest BCUT2D eigenvalue weighted by Gasteiger charge is -2.34. The quantitative estimate of drug-likeness (QED) is 0.614. The van der Waals surface area contributed by atoms with E-state index >= 15 is 0 Å². The SMILES string of the molecule is C[C@H]1C[C@H](C)CN(c2oc(-c3ccc(F)cc3)nc2S(=O)(=O)c2ccccc2)C1. The summed E-state index contributed by atoms with van der Waals surface area (Å²) in [6.07, 6.45) is 1.08. The Hall–Kier alpha value is -2.67. The molecule has 0 amide bonds. The number of rotatable bonds is 4. The van der Waals surface area contributed by atoms with Crippen LogP contribution in [0.25, 0.3) is 11.5 Å². The van der Waals surface area contributed by atoms with Crippen LogP contribution in [0.2, 0.25) is 0 Å². The van der Waals surface area contributed by atoms with E-state index in [9.17, 15) is 12.8 Å². The van der Waals surface area contributed by atoms with Crippen molar-refractivity contribution in [2.24, 2.45) is 11.8 Å². The summed E-state index contributed by atoms with van der Waals surface area (Å²) in [7, 11) is -3.87. The molecule has 5 nitrogen and oxygen atoms in total. The summed E-state index contributed by atoms with van der Waals surface area (Å²) in [5.74, 6) is 0.860. The summed E-state index contributed by atoms with van der Waals surface area (Å²) in [6.45, 7) is 5.68. The number of benzene rings is 2. The normalized spacial score (nSPS) is 20.0. The van der Waals surface area contributed by atoms with E-state index in [-0.39, 0.29) is 27.5 Å². The fourth-order valence-corrected chi connectivity index (χ4v) is 5.27. The van der Waals surface area contributed by atoms with Gasteiger partial charge in [0, 0.05) is 18.7 Å². The van der Waals surface area contributed by atoms with E-state index < -0.39 is 9.84 Å². The van der Waals surface area contributed by atoms with Crippen molar-refractivity contribution in [2.45, 2.75) is 30.2 Å². The summed E-state index contributed by atoms with van der Waals surface area (Å²) >= 11 is 0. The average Bonchev–Trinajstić information content (AvgIpc) is 3.15. The van der Waals surface area contributed by atoms with E-state index in [0.29, 0.717) is 30.5 Å². The van der Waals surface area contributed by atoms with Crippen LogP contribution in [-0.4, -0.2) is 26.5 Å². The number of anilines is 1. The number of aromatic nitrogens is 1. The average molecular weight is 415 g/mol. The molecule has 0 spiro atoms. The van der Waals surface area contributed by atoms with Gasteiger partial charge in [0.25, 0.3) is 0 Å². The van der Waals surface area contributed by atoms with Crippen molar-refractivity contribution >= 4 is 15.7 Å². The molecule has 29 heavy (non-hydrogen) atoms. The Bertz CT molecular complexity index is 1080. The van der Waals surface area contributed by atoms with Gasteiger partial charge in [0.2, 0.25) is 26.6 Å². The molecule has 0 bridgehead atoms. The highest BCUT2D eigenvalue weighted by atomic mass is 32.2. The van der Waals surface area contributed by atoms with E-state index in [0.717, 1.165) is 6.42 Å². The van der Waals surface area contributed by atoms with Crippen molar-refractivity contribution in [3.05, 3.63) is 60.4 Å². The molecule has 0 N–H and O–H groups in total. The summed E-state index contributed by atoms with van der Waals surface area (Å²) in [6, 6.07) is 13.9. The van der Waals surface area contributed by atoms with Gasteiger partial charge in [-0.25, -0.2) is 12.8 Å². The number of sulfone groups is 1. The fourth-order valence-electron chi connectivity index (χ4n) is 3.93. The van der Waals surface area contributed by atoms with Crippen LogP contribution in [0.15, 0.2) is 68.9 Å². The molecule has 4 rings (SSSR count). The zero-order valence-electron chi connectivity index (χ0n) is 16.4. The fraction of sp³-hybridized carbons (Fsp3) is 0.318. The number of halogens is 1. The Kier molecular flexibility index (Phi) is 5.17. The van der Waals surface area contributed by atoms with Crippen molar-refractivity contribution < 1.29 is 17.2 Å². The predicted octanol–water partition coefficient (Wildman–Crippen LogP) is 4.80. The highest BCUT2D eigenvalue weighted by Crippen LogP contribution is 2.37. The molecule has 0 saturated carbocycles. The lowest BCUT2D eigenvalue weighted by atomic mass is 9.92. The minimum atomic E-state index is -3.87. The molecule has 1 aromatic heterocycles. The number of nitrogens with zero attached hydrogens (tertiary/aromatic N) is 2. The second-order valence-corrected chi connectivity index (χ2v) is 9.67. The molecule has 152 valence electrons. The van der Waals surface area contributed by atoms with Gasteiger partial charge in [0.05, 0.1) is 4.90 Å². The van der Waals surface area contributed by atoms with Crippen LogP contribution >= 0.6 is 0 Å². The van der Waals surface area contributed by atoms with Gasteiger partial charge in [-0.3, -0.25) is 0 Å². The van der Waals surface area contributed by atoms with Gasteiger partial charge in [-0.15, -0.1) is 0 Å². The van der Waals surface area contributed by atoms with E-state index in [2.05, 4.69) is 18.8 Å². The first kappa shape index (κ1) is 19.6. The Morgan fingerprint density at radius 2 is 1.62 bits per heavy atom. The van der Waals surface area contributed by atoms with Gasteiger partial charge in [0.15, 0.2) is 0 Å². The molecule has 0 aliphatic carbocycles. The smallest absolute Gasteiger partial charge is 0.236 e. The minimum Gasteiger partial charge on any atom is -0.419 e. The van der Waals surface area contributed by atoms with Gasteiger partial charge < -0.3 is 9.32 Å². The highest BCUT2D eigenvalue weighted by molar-refractivity contribution is 7.91. The van der Waals surface area contributed by atoms with E-state index in [1.165, 1.54) is 24.3 Å². The molecular formula is C22H23FN2O3S. The molecule has 2 heterocycles. The lowest BCUT2D eigenvalue weighted by molar-refractivity contribution is 0.342. The molecule has 3 aromatic rings. The van der Waals surface area contributed by atoms with Crippen LogP contribution in [0.4, 0.5) is 10.3 Å². The summed E-state index contributed by atoms with van der Waals surface area (Å²) in [5, 5.41) is -0.0932. The predicted molar refractivity (Wildman–Crippen MR) is 109 cm³/mol. The van der Waals surface area contributed by atoms with Gasteiger partial charge in [0.1, 0.15) is 5.82 Å². The number of oxazole rings is 1. The third-order valence-electron chi connectivity index (χ3n) is 5.13. The lowest BCUT2D eigenvalue weighted by Crippen LogP contribution is -2.39. The number of piperidine rings is 1. The van der Waals surface area contributed by atoms with Crippen LogP contribution in [-0.2, 0) is 9.84 Å². The molecule has 7 heteroatoms. The highest BCUT2D eigenvalue weighted by Gasteiger charge is 2.34. The van der Waals surface area contributed by atoms with E-state index in [4.69, 9.17) is 4.42 Å². The zero-order valence-corrected chi connectivity index (χ0v) is 17.2. The summed E-state index contributed by atoms with van der Waals surface area (Å²) in [5.41, 5.74) is 0.528. The van der Waals surface area contributed by atoms with E-state index in [1.807, 2.05) is 4.90 Å². The second-order valence-electron chi connectivity index (χ2n) is 7.80. The molecule has 0 unspecified atom stereocenters. The van der Waals surface area contributed by atoms with Crippen LogP contribution in [0, 0.1) is 17.7 Å². The molecule has 1 aliphatic heterocycles. The van der Waals surface area contributed by atoms with Gasteiger partial charge in [-0.2, -0.15) is 4.98 Å². The Morgan fingerprint density at radius 1 is 1.00 bits per heavy atom. The molecule has 1 saturated heterocycles. The monoisotopic (exact) mass is 414 g/mol. The van der Waals surface area contributed by atoms with Crippen molar-refractivity contribution in [3.8, 4) is 11.5 Å². The minimum absolute atomic E-state index is 0.0932. The Balaban J connectivity index is 1.85. The maximum absolute atomic E-state index is 13.3. The van der Waals surface area contributed by atoms with Crippen LogP contribution < -0.4 is 4.90 Å². The summed E-state index contributed by atoms with van der Waals surface area (Å²) < 4.78 is 46.0. The molecule has 1 fully saturated rings. The number of hydrogen-bond acceptors (Lipinski definition) is 5. The first-order valence-electron chi connectivity index (χ1n) is 9.66. The first-order valence-corrected chi connectivity index (χ1v) is 11.1. The second kappa shape index (κ2) is 7.63. The van der Waals surface area contributed by atoms with Crippen LogP contribution in [0.3, 0.4) is 0 Å². The zero-order chi connectivity index (χ0) is 20.6. The Morgan fingerprint density at radius 3 is 2.24 bits per heavy atom. The van der Waals surface area contributed by atoms with Crippen molar-refractivity contribution in [2.75, 3.05) is 18.0 Å². The molecule has 2 aromatic carbocycles. The van der Waals surface area contributed by atoms with Gasteiger partial charge >= 0.3 is 0 Å². The third-order valence-corrected chi connectivity index (χ3v) is 6.80. The van der Waals surface area contributed by atoms with Crippen molar-refractivity contribution in [3.63, 3.8) is 0 Å². The number of hydrogen-bond donors (Lipinski definition) is 0. The molecule has 2 atom stereocenters. The van der Waals surface area contributed by atoms with Crippen LogP contribution in [0.1, 0.15) is 20.3 Å². The molecular weight excluding hydrogens is 391 g/mol.